The van der Waals surface area contributed by atoms with Crippen LogP contribution in [0, 0.1) is 13.8 Å². The van der Waals surface area contributed by atoms with Crippen LogP contribution in [0.5, 0.6) is 0 Å². The standard InChI is InChI=1S/C62H49N3/c1-38-28-30-50-58(32-38)64(54-27-17-15-25-49(54)61(50,3)4)55-35-46-42-21-11-13-23-44(42)56(36-47(46)41-20-10-12-22-43(41)55)65-59-33-39(2)29-31-51(59)62(5,6)52-34-48-45-24-14-16-26-53(45)63(57(48)37-60(52)65)40-18-8-7-9-19-40/h7-37H,1-6H3. The maximum atomic E-state index is 2.60. The molecule has 0 bridgehead atoms. The zero-order chi connectivity index (χ0) is 43.9. The largest absolute Gasteiger partial charge is 0.309 e. The Morgan fingerprint density at radius 3 is 1.37 bits per heavy atom. The molecule has 2 aliphatic heterocycles. The van der Waals surface area contributed by atoms with Gasteiger partial charge in [0.05, 0.1) is 45.2 Å². The molecule has 3 nitrogen and oxygen atoms in total. The van der Waals surface area contributed by atoms with E-state index in [1.807, 2.05) is 0 Å². The Hall–Kier alpha value is -7.62. The van der Waals surface area contributed by atoms with Gasteiger partial charge in [-0.1, -0.05) is 155 Å². The van der Waals surface area contributed by atoms with E-state index in [1.54, 1.807) is 0 Å². The number of aromatic nitrogens is 1. The Kier molecular flexibility index (Phi) is 7.84. The summed E-state index contributed by atoms with van der Waals surface area (Å²) in [7, 11) is 0. The summed E-state index contributed by atoms with van der Waals surface area (Å²) in [6, 6.07) is 71.0. The summed E-state index contributed by atoms with van der Waals surface area (Å²) < 4.78 is 2.45. The van der Waals surface area contributed by atoms with E-state index in [0.717, 1.165) is 5.69 Å². The van der Waals surface area contributed by atoms with Crippen LogP contribution in [0.15, 0.2) is 188 Å². The Morgan fingerprint density at radius 2 is 0.754 bits per heavy atom. The molecule has 65 heavy (non-hydrogen) atoms. The number of fused-ring (bicyclic) bond motifs is 12. The van der Waals surface area contributed by atoms with Crippen molar-refractivity contribution < 1.29 is 0 Å². The lowest BCUT2D eigenvalue weighted by atomic mass is 9.72. The van der Waals surface area contributed by atoms with E-state index in [2.05, 4.69) is 244 Å². The molecule has 0 saturated carbocycles. The summed E-state index contributed by atoms with van der Waals surface area (Å²) >= 11 is 0. The van der Waals surface area contributed by atoms with Gasteiger partial charge in [0.15, 0.2) is 0 Å². The maximum absolute atomic E-state index is 2.60. The zero-order valence-electron chi connectivity index (χ0n) is 37.7. The molecule has 11 aromatic rings. The van der Waals surface area contributed by atoms with E-state index in [9.17, 15) is 0 Å². The normalized spacial score (nSPS) is 14.8. The Bertz CT molecular complexity index is 3810. The highest BCUT2D eigenvalue weighted by atomic mass is 15.2. The highest BCUT2D eigenvalue weighted by Crippen LogP contribution is 2.58. The minimum Gasteiger partial charge on any atom is -0.309 e. The van der Waals surface area contributed by atoms with Crippen LogP contribution in [0.4, 0.5) is 34.1 Å². The summed E-state index contributed by atoms with van der Waals surface area (Å²) in [5.41, 5.74) is 18.3. The van der Waals surface area contributed by atoms with Crippen LogP contribution in [0.25, 0.3) is 59.8 Å². The van der Waals surface area contributed by atoms with Crippen LogP contribution < -0.4 is 9.80 Å². The Labute approximate surface area is 380 Å². The first-order valence-corrected chi connectivity index (χ1v) is 23.0. The molecule has 3 heterocycles. The Morgan fingerprint density at radius 1 is 0.292 bits per heavy atom. The molecule has 312 valence electrons. The first-order chi connectivity index (χ1) is 31.6. The third-order valence-electron chi connectivity index (χ3n) is 15.0. The molecule has 13 rings (SSSR count). The van der Waals surface area contributed by atoms with Crippen LogP contribution in [0.3, 0.4) is 0 Å². The third kappa shape index (κ3) is 5.24. The lowest BCUT2D eigenvalue weighted by Crippen LogP contribution is -2.31. The van der Waals surface area contributed by atoms with Gasteiger partial charge in [0.1, 0.15) is 0 Å². The minimum atomic E-state index is -0.263. The number of hydrogen-bond donors (Lipinski definition) is 0. The summed E-state index contributed by atoms with van der Waals surface area (Å²) in [5.74, 6) is 0. The molecular weight excluding hydrogens is 787 g/mol. The van der Waals surface area contributed by atoms with E-state index in [0.29, 0.717) is 0 Å². The predicted octanol–water partition coefficient (Wildman–Crippen LogP) is 17.1. The van der Waals surface area contributed by atoms with Crippen LogP contribution in [-0.2, 0) is 10.8 Å². The van der Waals surface area contributed by atoms with Crippen molar-refractivity contribution in [3.8, 4) is 5.69 Å². The topological polar surface area (TPSA) is 11.4 Å². The van der Waals surface area contributed by atoms with Crippen LogP contribution in [-0.4, -0.2) is 4.57 Å². The fourth-order valence-electron chi connectivity index (χ4n) is 11.8. The molecule has 0 fully saturated rings. The number of nitrogens with zero attached hydrogens (tertiary/aromatic N) is 3. The SMILES string of the molecule is Cc1ccc2c(c1)N(c1cc3c4ccccc4c(N4c5cc(C)ccc5C(C)(C)c5cc6c7ccccc7n(-c7ccccc7)c6cc54)cc3c3ccccc13)c1ccccc1C2(C)C. The van der Waals surface area contributed by atoms with Crippen LogP contribution >= 0.6 is 0 Å². The summed E-state index contributed by atoms with van der Waals surface area (Å²) in [5, 5.41) is 9.96. The quantitative estimate of drug-likeness (QED) is 0.164. The number of para-hydroxylation sites is 3. The van der Waals surface area contributed by atoms with Crippen LogP contribution in [0.1, 0.15) is 61.1 Å². The lowest BCUT2D eigenvalue weighted by Gasteiger charge is -2.43. The van der Waals surface area contributed by atoms with E-state index in [4.69, 9.17) is 0 Å². The average Bonchev–Trinajstić information content (AvgIpc) is 3.65. The van der Waals surface area contributed by atoms with Gasteiger partial charge in [0.2, 0.25) is 0 Å². The minimum absolute atomic E-state index is 0.153. The van der Waals surface area contributed by atoms with Gasteiger partial charge in [0.25, 0.3) is 0 Å². The molecule has 2 aliphatic rings. The van der Waals surface area contributed by atoms with E-state index in [-0.39, 0.29) is 10.8 Å². The number of rotatable bonds is 3. The first-order valence-electron chi connectivity index (χ1n) is 23.0. The number of aryl methyl sites for hydroxylation is 2. The first kappa shape index (κ1) is 37.9. The third-order valence-corrected chi connectivity index (χ3v) is 15.0. The fraction of sp³-hybridized carbons (Fsp3) is 0.129. The maximum Gasteiger partial charge on any atom is 0.0562 e. The monoisotopic (exact) mass is 835 g/mol. The van der Waals surface area contributed by atoms with Gasteiger partial charge in [-0.3, -0.25) is 0 Å². The second kappa shape index (κ2) is 13.5. The van der Waals surface area contributed by atoms with E-state index < -0.39 is 0 Å². The number of benzene rings is 10. The van der Waals surface area contributed by atoms with Crippen molar-refractivity contribution in [3.63, 3.8) is 0 Å². The average molecular weight is 836 g/mol. The summed E-state index contributed by atoms with van der Waals surface area (Å²) in [6.07, 6.45) is 0. The molecule has 0 spiro atoms. The molecule has 1 aromatic heterocycles. The molecule has 0 N–H and O–H groups in total. The number of hydrogen-bond acceptors (Lipinski definition) is 2. The van der Waals surface area contributed by atoms with Gasteiger partial charge in [-0.05, 0) is 129 Å². The molecule has 10 aromatic carbocycles. The van der Waals surface area contributed by atoms with Crippen molar-refractivity contribution >= 4 is 88.2 Å². The van der Waals surface area contributed by atoms with E-state index >= 15 is 0 Å². The van der Waals surface area contributed by atoms with Gasteiger partial charge in [-0.2, -0.15) is 0 Å². The van der Waals surface area contributed by atoms with Crippen molar-refractivity contribution in [1.29, 1.82) is 0 Å². The van der Waals surface area contributed by atoms with E-state index in [1.165, 1.54) is 122 Å². The molecule has 0 radical (unpaired) electrons. The van der Waals surface area contributed by atoms with Crippen molar-refractivity contribution in [2.75, 3.05) is 9.80 Å². The highest BCUT2D eigenvalue weighted by molar-refractivity contribution is 6.25. The van der Waals surface area contributed by atoms with Crippen molar-refractivity contribution in [2.24, 2.45) is 0 Å². The fourth-order valence-corrected chi connectivity index (χ4v) is 11.8. The van der Waals surface area contributed by atoms with Gasteiger partial charge in [-0.25, -0.2) is 0 Å². The van der Waals surface area contributed by atoms with Gasteiger partial charge in [-0.15, -0.1) is 0 Å². The highest BCUT2D eigenvalue weighted by Gasteiger charge is 2.40. The second-order valence-electron chi connectivity index (χ2n) is 19.5. The predicted molar refractivity (Wildman–Crippen MR) is 276 cm³/mol. The molecule has 0 amide bonds. The molecule has 0 aliphatic carbocycles. The summed E-state index contributed by atoms with van der Waals surface area (Å²) in [6.45, 7) is 14.0. The van der Waals surface area contributed by atoms with Crippen molar-refractivity contribution in [3.05, 3.63) is 221 Å². The van der Waals surface area contributed by atoms with Gasteiger partial charge >= 0.3 is 0 Å². The Balaban J connectivity index is 1.14. The molecule has 0 atom stereocenters. The van der Waals surface area contributed by atoms with Crippen LogP contribution in [0.2, 0.25) is 0 Å². The number of anilines is 6. The lowest BCUT2D eigenvalue weighted by molar-refractivity contribution is 0.632. The molecule has 3 heteroatoms. The van der Waals surface area contributed by atoms with Crippen molar-refractivity contribution in [1.82, 2.24) is 4.57 Å². The zero-order valence-corrected chi connectivity index (χ0v) is 37.7. The van der Waals surface area contributed by atoms with Crippen molar-refractivity contribution in [2.45, 2.75) is 52.4 Å². The van der Waals surface area contributed by atoms with Gasteiger partial charge < -0.3 is 14.4 Å². The smallest absolute Gasteiger partial charge is 0.0562 e. The molecule has 0 unspecified atom stereocenters. The summed E-state index contributed by atoms with van der Waals surface area (Å²) in [4.78, 5) is 5.15. The molecule has 0 saturated heterocycles. The second-order valence-corrected chi connectivity index (χ2v) is 19.5. The van der Waals surface area contributed by atoms with Gasteiger partial charge in [0, 0.05) is 38.1 Å². The molecular formula is C62H49N3.